The van der Waals surface area contributed by atoms with E-state index in [2.05, 4.69) is 22.4 Å². The van der Waals surface area contributed by atoms with E-state index in [4.69, 9.17) is 9.40 Å². The average molecular weight is 430 g/mol. The highest BCUT2D eigenvalue weighted by Crippen LogP contribution is 2.27. The Kier molecular flexibility index (Phi) is 5.65. The largest absolute Gasteiger partial charge is 0.459 e. The normalized spacial score (nSPS) is 14.6. The Labute approximate surface area is 185 Å². The summed E-state index contributed by atoms with van der Waals surface area (Å²) >= 11 is 1.68. The van der Waals surface area contributed by atoms with Gasteiger partial charge in [-0.15, -0.1) is 11.3 Å². The van der Waals surface area contributed by atoms with Crippen molar-refractivity contribution >= 4 is 17.2 Å². The molecule has 1 saturated heterocycles. The first kappa shape index (κ1) is 19.7. The molecule has 3 heterocycles. The monoisotopic (exact) mass is 429 g/mol. The van der Waals surface area contributed by atoms with Gasteiger partial charge < -0.3 is 9.32 Å². The molecule has 0 saturated carbocycles. The molecule has 5 rings (SSSR count). The van der Waals surface area contributed by atoms with Crippen molar-refractivity contribution in [3.8, 4) is 21.7 Å². The van der Waals surface area contributed by atoms with Crippen molar-refractivity contribution in [3.05, 3.63) is 89.8 Å². The van der Waals surface area contributed by atoms with Crippen molar-refractivity contribution in [2.24, 2.45) is 0 Å². The van der Waals surface area contributed by atoms with Gasteiger partial charge in [0.05, 0.1) is 12.0 Å². The number of benzene rings is 2. The second-order valence-corrected chi connectivity index (χ2v) is 8.47. The van der Waals surface area contributed by atoms with Crippen molar-refractivity contribution in [3.63, 3.8) is 0 Å². The summed E-state index contributed by atoms with van der Waals surface area (Å²) < 4.78 is 5.59. The van der Waals surface area contributed by atoms with Crippen molar-refractivity contribution < 1.29 is 9.21 Å². The zero-order valence-corrected chi connectivity index (χ0v) is 17.9. The SMILES string of the molecule is O=C(c1occc1-c1ccccc1)N1CCN(Cc2csc(-c3ccccc3)n2)CC1. The maximum Gasteiger partial charge on any atom is 0.290 e. The number of piperazine rings is 1. The topological polar surface area (TPSA) is 49.6 Å². The fourth-order valence-corrected chi connectivity index (χ4v) is 4.71. The summed E-state index contributed by atoms with van der Waals surface area (Å²) in [6, 6.07) is 22.0. The number of furan rings is 1. The fourth-order valence-electron chi connectivity index (χ4n) is 3.89. The minimum absolute atomic E-state index is 0.0384. The standard InChI is InChI=1S/C25H23N3O2S/c29-25(23-22(11-16-30-23)19-7-3-1-4-8-19)28-14-12-27(13-15-28)17-21-18-31-24(26-21)20-9-5-2-6-10-20/h1-11,16,18H,12-15,17H2. The smallest absolute Gasteiger partial charge is 0.290 e. The number of rotatable bonds is 5. The molecule has 6 heteroatoms. The first-order valence-corrected chi connectivity index (χ1v) is 11.3. The van der Waals surface area contributed by atoms with Gasteiger partial charge in [-0.05, 0) is 11.6 Å². The molecule has 4 aromatic rings. The molecule has 5 nitrogen and oxygen atoms in total. The summed E-state index contributed by atoms with van der Waals surface area (Å²) in [5.41, 5.74) is 4.09. The first-order valence-electron chi connectivity index (χ1n) is 10.4. The highest BCUT2D eigenvalue weighted by molar-refractivity contribution is 7.13. The molecule has 1 aliphatic rings. The number of hydrogen-bond acceptors (Lipinski definition) is 5. The van der Waals surface area contributed by atoms with Crippen molar-refractivity contribution in [2.45, 2.75) is 6.54 Å². The van der Waals surface area contributed by atoms with Crippen LogP contribution in [-0.2, 0) is 6.54 Å². The number of nitrogens with zero attached hydrogens (tertiary/aromatic N) is 3. The number of amides is 1. The van der Waals surface area contributed by atoms with Gasteiger partial charge in [-0.2, -0.15) is 0 Å². The summed E-state index contributed by atoms with van der Waals surface area (Å²) in [5.74, 6) is 0.384. The van der Waals surface area contributed by atoms with Crippen molar-refractivity contribution in [1.29, 1.82) is 0 Å². The molecule has 156 valence electrons. The van der Waals surface area contributed by atoms with Crippen LogP contribution in [0.15, 0.2) is 82.8 Å². The van der Waals surface area contributed by atoms with Gasteiger partial charge >= 0.3 is 0 Å². The molecule has 1 amide bonds. The van der Waals surface area contributed by atoms with Gasteiger partial charge in [0, 0.05) is 49.2 Å². The number of hydrogen-bond donors (Lipinski definition) is 0. The van der Waals surface area contributed by atoms with Crippen molar-refractivity contribution in [1.82, 2.24) is 14.8 Å². The van der Waals surface area contributed by atoms with Gasteiger partial charge in [0.15, 0.2) is 5.76 Å². The van der Waals surface area contributed by atoms with Gasteiger partial charge in [0.1, 0.15) is 5.01 Å². The molecular formula is C25H23N3O2S. The summed E-state index contributed by atoms with van der Waals surface area (Å²) in [7, 11) is 0. The predicted molar refractivity (Wildman–Crippen MR) is 123 cm³/mol. The number of carbonyl (C=O) groups is 1. The highest BCUT2D eigenvalue weighted by atomic mass is 32.1. The third kappa shape index (κ3) is 4.31. The van der Waals surface area contributed by atoms with Crippen LogP contribution in [-0.4, -0.2) is 46.9 Å². The molecule has 1 fully saturated rings. The minimum Gasteiger partial charge on any atom is -0.459 e. The quantitative estimate of drug-likeness (QED) is 0.447. The Balaban J connectivity index is 1.20. The molecule has 0 aliphatic carbocycles. The molecule has 31 heavy (non-hydrogen) atoms. The third-order valence-corrected chi connectivity index (χ3v) is 6.50. The van der Waals surface area contributed by atoms with E-state index < -0.39 is 0 Å². The van der Waals surface area contributed by atoms with Crippen LogP contribution in [0.25, 0.3) is 21.7 Å². The van der Waals surface area contributed by atoms with E-state index in [1.165, 1.54) is 0 Å². The Bertz CT molecular complexity index is 1150. The van der Waals surface area contributed by atoms with Crippen LogP contribution in [0.1, 0.15) is 16.2 Å². The van der Waals surface area contributed by atoms with Gasteiger partial charge in [0.25, 0.3) is 5.91 Å². The number of aromatic nitrogens is 1. The van der Waals surface area contributed by atoms with E-state index in [9.17, 15) is 4.79 Å². The Morgan fingerprint density at radius 2 is 1.58 bits per heavy atom. The maximum absolute atomic E-state index is 13.1. The van der Waals surface area contributed by atoms with Crippen LogP contribution < -0.4 is 0 Å². The maximum atomic E-state index is 13.1. The van der Waals surface area contributed by atoms with E-state index in [1.54, 1.807) is 17.6 Å². The average Bonchev–Trinajstić information content (AvgIpc) is 3.50. The second kappa shape index (κ2) is 8.88. The van der Waals surface area contributed by atoms with E-state index >= 15 is 0 Å². The van der Waals surface area contributed by atoms with Gasteiger partial charge in [-0.1, -0.05) is 60.7 Å². The predicted octanol–water partition coefficient (Wildman–Crippen LogP) is 5.03. The molecule has 0 spiro atoms. The van der Waals surface area contributed by atoms with Crippen LogP contribution in [0, 0.1) is 0 Å². The minimum atomic E-state index is -0.0384. The summed E-state index contributed by atoms with van der Waals surface area (Å²) in [6.45, 7) is 3.82. The molecular weight excluding hydrogens is 406 g/mol. The zero-order valence-electron chi connectivity index (χ0n) is 17.1. The second-order valence-electron chi connectivity index (χ2n) is 7.61. The fraction of sp³-hybridized carbons (Fsp3) is 0.200. The number of carbonyl (C=O) groups excluding carboxylic acids is 1. The van der Waals surface area contributed by atoms with Crippen LogP contribution in [0.4, 0.5) is 0 Å². The van der Waals surface area contributed by atoms with Gasteiger partial charge in [-0.25, -0.2) is 4.98 Å². The molecule has 0 unspecified atom stereocenters. The highest BCUT2D eigenvalue weighted by Gasteiger charge is 2.26. The zero-order chi connectivity index (χ0) is 21.0. The molecule has 0 radical (unpaired) electrons. The Morgan fingerprint density at radius 3 is 2.29 bits per heavy atom. The van der Waals surface area contributed by atoms with Crippen LogP contribution in [0.5, 0.6) is 0 Å². The van der Waals surface area contributed by atoms with E-state index in [-0.39, 0.29) is 5.91 Å². The van der Waals surface area contributed by atoms with E-state index in [0.717, 1.165) is 47.0 Å². The Morgan fingerprint density at radius 1 is 0.903 bits per heavy atom. The molecule has 0 N–H and O–H groups in total. The van der Waals surface area contributed by atoms with E-state index in [0.29, 0.717) is 18.8 Å². The molecule has 2 aromatic heterocycles. The lowest BCUT2D eigenvalue weighted by atomic mass is 10.1. The molecule has 2 aromatic carbocycles. The van der Waals surface area contributed by atoms with Gasteiger partial charge in [0.2, 0.25) is 0 Å². The Hall–Kier alpha value is -3.22. The molecule has 1 aliphatic heterocycles. The third-order valence-electron chi connectivity index (χ3n) is 5.56. The van der Waals surface area contributed by atoms with Crippen LogP contribution in [0.3, 0.4) is 0 Å². The van der Waals surface area contributed by atoms with Crippen LogP contribution in [0.2, 0.25) is 0 Å². The molecule has 0 atom stereocenters. The lowest BCUT2D eigenvalue weighted by Gasteiger charge is -2.34. The lowest BCUT2D eigenvalue weighted by molar-refractivity contribution is 0.0597. The van der Waals surface area contributed by atoms with Gasteiger partial charge in [-0.3, -0.25) is 9.69 Å². The summed E-state index contributed by atoms with van der Waals surface area (Å²) in [6.07, 6.45) is 1.60. The lowest BCUT2D eigenvalue weighted by Crippen LogP contribution is -2.48. The van der Waals surface area contributed by atoms with E-state index in [1.807, 2.05) is 59.5 Å². The molecule has 0 bridgehead atoms. The summed E-state index contributed by atoms with van der Waals surface area (Å²) in [4.78, 5) is 22.1. The number of thiazole rings is 1. The summed E-state index contributed by atoms with van der Waals surface area (Å²) in [5, 5.41) is 3.19. The van der Waals surface area contributed by atoms with Crippen molar-refractivity contribution in [2.75, 3.05) is 26.2 Å². The van der Waals surface area contributed by atoms with Crippen LogP contribution >= 0.6 is 11.3 Å². The first-order chi connectivity index (χ1) is 15.3.